The van der Waals surface area contributed by atoms with Gasteiger partial charge in [0.1, 0.15) is 36.6 Å². The van der Waals surface area contributed by atoms with Gasteiger partial charge in [-0.3, -0.25) is 24.3 Å². The number of nitrogens with one attached hydrogen (secondary N) is 3. The van der Waals surface area contributed by atoms with Crippen LogP contribution in [0.3, 0.4) is 0 Å². The van der Waals surface area contributed by atoms with Gasteiger partial charge in [-0.2, -0.15) is 5.11 Å². The van der Waals surface area contributed by atoms with Crippen LogP contribution < -0.4 is 15.4 Å². The first-order valence-electron chi connectivity index (χ1n) is 20.7. The van der Waals surface area contributed by atoms with Crippen LogP contribution >= 0.6 is 0 Å². The van der Waals surface area contributed by atoms with Gasteiger partial charge in [0.05, 0.1) is 77.1 Å². The highest BCUT2D eigenvalue weighted by atomic mass is 16.6. The summed E-state index contributed by atoms with van der Waals surface area (Å²) in [6, 6.07) is 21.3. The molecule has 18 heteroatoms. The number of hydrogen-bond acceptors (Lipinski definition) is 15. The summed E-state index contributed by atoms with van der Waals surface area (Å²) < 4.78 is 38.6. The van der Waals surface area contributed by atoms with Crippen LogP contribution in [0.2, 0.25) is 0 Å². The van der Waals surface area contributed by atoms with E-state index in [9.17, 15) is 24.0 Å². The molecule has 0 saturated heterocycles. The Kier molecular flexibility index (Phi) is 21.3. The van der Waals surface area contributed by atoms with Gasteiger partial charge in [0.2, 0.25) is 5.91 Å². The number of amides is 4. The number of aliphatic imine (C=N–C) groups is 1. The summed E-state index contributed by atoms with van der Waals surface area (Å²) in [6.45, 7) is 8.27. The number of hydrogen-bond donors (Lipinski definition) is 3. The number of esters is 1. The molecule has 3 aromatic rings. The van der Waals surface area contributed by atoms with E-state index in [1.165, 1.54) is 11.1 Å². The van der Waals surface area contributed by atoms with Crippen molar-refractivity contribution in [1.82, 2.24) is 15.5 Å². The molecule has 0 saturated carbocycles. The number of nitrogens with zero attached hydrogens (tertiary/aromatic N) is 3. The van der Waals surface area contributed by atoms with Gasteiger partial charge < -0.3 is 43.8 Å². The maximum Gasteiger partial charge on any atom is 0.407 e. The van der Waals surface area contributed by atoms with Crippen molar-refractivity contribution in [2.24, 2.45) is 10.1 Å². The molecule has 2 unspecified atom stereocenters. The summed E-state index contributed by atoms with van der Waals surface area (Å²) in [7, 11) is 0. The maximum absolute atomic E-state index is 13.2. The molecule has 0 bridgehead atoms. The zero-order valence-electron chi connectivity index (χ0n) is 36.1. The van der Waals surface area contributed by atoms with Crippen LogP contribution in [0.1, 0.15) is 59.0 Å². The molecule has 63 heavy (non-hydrogen) atoms. The molecular weight excluding hydrogens is 817 g/mol. The van der Waals surface area contributed by atoms with Crippen molar-refractivity contribution < 1.29 is 57.1 Å². The molecule has 0 fully saturated rings. The Morgan fingerprint density at radius 2 is 1.35 bits per heavy atom. The molecule has 4 rings (SSSR count). The third kappa shape index (κ3) is 18.8. The van der Waals surface area contributed by atoms with Gasteiger partial charge in [-0.1, -0.05) is 54.6 Å². The molecule has 1 aliphatic heterocycles. The van der Waals surface area contributed by atoms with Crippen LogP contribution in [0.15, 0.2) is 89.0 Å². The van der Waals surface area contributed by atoms with E-state index in [1.54, 1.807) is 69.3 Å². The largest absolute Gasteiger partial charge is 0.491 e. The number of carbonyl (C=O) groups is 5. The average Bonchev–Trinajstić information content (AvgIpc) is 3.51. The van der Waals surface area contributed by atoms with E-state index in [-0.39, 0.29) is 89.8 Å². The molecule has 18 nitrogen and oxygen atoms in total. The number of rotatable bonds is 29. The van der Waals surface area contributed by atoms with E-state index >= 15 is 0 Å². The molecule has 1 aliphatic rings. The SMILES string of the molecule is CC(C)(C)OC(=O)NCCN=CC(COc1ccc(CC(NC(=O)CCOCCOCCOCCOCCN2C(=O)c3ccccc3C2=O)C(=O)OCc2ccccc2)cc1)N=N. The van der Waals surface area contributed by atoms with Crippen molar-refractivity contribution >= 4 is 36.0 Å². The first kappa shape index (κ1) is 49.6. The molecule has 0 spiro atoms. The molecule has 0 aromatic heterocycles. The molecule has 3 N–H and O–H groups in total. The van der Waals surface area contributed by atoms with E-state index in [2.05, 4.69) is 20.7 Å². The second kappa shape index (κ2) is 27.1. The summed E-state index contributed by atoms with van der Waals surface area (Å²) in [5.41, 5.74) is 9.25. The lowest BCUT2D eigenvalue weighted by molar-refractivity contribution is -0.149. The van der Waals surface area contributed by atoms with E-state index < -0.39 is 29.7 Å². The van der Waals surface area contributed by atoms with E-state index in [1.807, 2.05) is 30.3 Å². The fourth-order valence-corrected chi connectivity index (χ4v) is 5.80. The molecule has 0 radical (unpaired) electrons. The van der Waals surface area contributed by atoms with Gasteiger partial charge in [0.15, 0.2) is 0 Å². The molecule has 2 atom stereocenters. The number of imide groups is 1. The Morgan fingerprint density at radius 3 is 1.95 bits per heavy atom. The van der Waals surface area contributed by atoms with Crippen molar-refractivity contribution in [2.45, 2.75) is 57.9 Å². The minimum Gasteiger partial charge on any atom is -0.491 e. The molecule has 1 heterocycles. The summed E-state index contributed by atoms with van der Waals surface area (Å²) in [4.78, 5) is 68.1. The Balaban J connectivity index is 1.09. The monoisotopic (exact) mass is 874 g/mol. The normalized spacial score (nSPS) is 13.3. The number of fused-ring (bicyclic) bond motifs is 1. The Morgan fingerprint density at radius 1 is 0.762 bits per heavy atom. The van der Waals surface area contributed by atoms with Gasteiger partial charge in [-0.05, 0) is 56.2 Å². The maximum atomic E-state index is 13.2. The van der Waals surface area contributed by atoms with Crippen molar-refractivity contribution in [2.75, 3.05) is 79.1 Å². The molecule has 4 amide bonds. The number of alkyl carbamates (subject to hydrolysis) is 1. The van der Waals surface area contributed by atoms with E-state index in [4.69, 9.17) is 38.7 Å². The van der Waals surface area contributed by atoms with Gasteiger partial charge in [-0.15, -0.1) is 0 Å². The summed E-state index contributed by atoms with van der Waals surface area (Å²) in [5.74, 6) is -1.09. The predicted molar refractivity (Wildman–Crippen MR) is 230 cm³/mol. The van der Waals surface area contributed by atoms with E-state index in [0.29, 0.717) is 43.3 Å². The van der Waals surface area contributed by atoms with Gasteiger partial charge in [-0.25, -0.2) is 15.1 Å². The van der Waals surface area contributed by atoms with Crippen LogP contribution in [0, 0.1) is 5.53 Å². The highest BCUT2D eigenvalue weighted by molar-refractivity contribution is 6.21. The lowest BCUT2D eigenvalue weighted by atomic mass is 10.1. The zero-order chi connectivity index (χ0) is 45.3. The number of ether oxygens (including phenoxy) is 7. The highest BCUT2D eigenvalue weighted by Gasteiger charge is 2.34. The lowest BCUT2D eigenvalue weighted by Crippen LogP contribution is -2.43. The topological polar surface area (TPSA) is 226 Å². The quantitative estimate of drug-likeness (QED) is 0.0287. The van der Waals surface area contributed by atoms with Crippen molar-refractivity contribution in [3.05, 3.63) is 101 Å². The van der Waals surface area contributed by atoms with Crippen molar-refractivity contribution in [1.29, 1.82) is 5.53 Å². The Bertz CT molecular complexity index is 1910. The molecule has 3 aromatic carbocycles. The third-order valence-corrected chi connectivity index (χ3v) is 8.91. The Labute approximate surface area is 367 Å². The van der Waals surface area contributed by atoms with Crippen molar-refractivity contribution in [3.63, 3.8) is 0 Å². The first-order chi connectivity index (χ1) is 30.4. The van der Waals surface area contributed by atoms with Gasteiger partial charge in [0.25, 0.3) is 11.8 Å². The van der Waals surface area contributed by atoms with Crippen LogP contribution in [-0.4, -0.2) is 138 Å². The number of benzene rings is 3. The highest BCUT2D eigenvalue weighted by Crippen LogP contribution is 2.22. The smallest absolute Gasteiger partial charge is 0.407 e. The summed E-state index contributed by atoms with van der Waals surface area (Å²) >= 11 is 0. The molecular formula is C45H58N6O12. The van der Waals surface area contributed by atoms with Gasteiger partial charge in [0, 0.05) is 25.6 Å². The average molecular weight is 875 g/mol. The number of carbonyl (C=O) groups excluding carboxylic acids is 5. The summed E-state index contributed by atoms with van der Waals surface area (Å²) in [6.07, 6.45) is 1.12. The van der Waals surface area contributed by atoms with Crippen LogP contribution in [0.25, 0.3) is 0 Å². The third-order valence-electron chi connectivity index (χ3n) is 8.91. The van der Waals surface area contributed by atoms with Crippen LogP contribution in [-0.2, 0) is 51.0 Å². The van der Waals surface area contributed by atoms with Crippen molar-refractivity contribution in [3.8, 4) is 5.75 Å². The van der Waals surface area contributed by atoms with Gasteiger partial charge >= 0.3 is 12.1 Å². The van der Waals surface area contributed by atoms with Crippen LogP contribution in [0.4, 0.5) is 4.79 Å². The second-order valence-electron chi connectivity index (χ2n) is 15.1. The predicted octanol–water partition coefficient (Wildman–Crippen LogP) is 4.58. The minimum atomic E-state index is -0.967. The van der Waals surface area contributed by atoms with Crippen LogP contribution in [0.5, 0.6) is 5.75 Å². The Hall–Kier alpha value is -6.08. The zero-order valence-corrected chi connectivity index (χ0v) is 36.1. The molecule has 340 valence electrons. The minimum absolute atomic E-state index is 0.0111. The second-order valence-corrected chi connectivity index (χ2v) is 15.1. The first-order valence-corrected chi connectivity index (χ1v) is 20.7. The van der Waals surface area contributed by atoms with E-state index in [0.717, 1.165) is 11.1 Å². The fraction of sp³-hybridized carbons (Fsp3) is 0.467. The lowest BCUT2D eigenvalue weighted by Gasteiger charge is -2.19. The molecule has 0 aliphatic carbocycles. The summed E-state index contributed by atoms with van der Waals surface area (Å²) in [5, 5.41) is 8.93. The standard InChI is InChI=1S/C45H58N6O12/c1-45(2,3)63-44(56)48-19-18-47-30-35(50-46)32-61-36-15-13-33(14-16-36)29-39(43(55)62-31-34-9-5-4-6-10-34)49-40(52)17-21-57-23-25-59-27-28-60-26-24-58-22-20-51-41(53)37-11-7-8-12-38(37)42(51)54/h4-16,30,35,39,46H,17-29,31-32H2,1-3H3,(H,48,56)(H,49,52). The fourth-order valence-electron chi connectivity index (χ4n) is 5.80.